The lowest BCUT2D eigenvalue weighted by atomic mass is 10.1. The highest BCUT2D eigenvalue weighted by Gasteiger charge is 2.22. The van der Waals surface area contributed by atoms with E-state index in [1.807, 2.05) is 18.2 Å². The summed E-state index contributed by atoms with van der Waals surface area (Å²) in [6.45, 7) is 3.93. The molecule has 2 aromatic rings. The van der Waals surface area contributed by atoms with Crippen LogP contribution in [0.15, 0.2) is 35.2 Å². The number of hydrogen-bond acceptors (Lipinski definition) is 3. The van der Waals surface area contributed by atoms with E-state index in [4.69, 9.17) is 0 Å². The average Bonchev–Trinajstić information content (AvgIpc) is 2.73. The molecule has 1 aromatic carbocycles. The summed E-state index contributed by atoms with van der Waals surface area (Å²) in [4.78, 5) is 0.304. The molecular formula is C16H23N3O2S. The maximum absolute atomic E-state index is 12.4. The lowest BCUT2D eigenvalue weighted by molar-refractivity contribution is 0.575. The number of rotatable bonds is 7. The number of sulfonamides is 1. The molecule has 0 unspecified atom stereocenters. The molecule has 2 rings (SSSR count). The standard InChI is InChI=1S/C16H23N3O2S/c1-13-16(14(2)19(3)18-13)22(20,21)17-12-8-7-11-15-9-5-4-6-10-15/h4-6,9-10,17H,7-8,11-12H2,1-3H3. The molecule has 1 heterocycles. The molecule has 22 heavy (non-hydrogen) atoms. The molecule has 1 N–H and O–H groups in total. The van der Waals surface area contributed by atoms with E-state index in [1.165, 1.54) is 5.56 Å². The van der Waals surface area contributed by atoms with Crippen molar-refractivity contribution in [1.29, 1.82) is 0 Å². The molecule has 0 aliphatic carbocycles. The van der Waals surface area contributed by atoms with Gasteiger partial charge in [0.05, 0.1) is 11.4 Å². The van der Waals surface area contributed by atoms with Crippen LogP contribution in [0.25, 0.3) is 0 Å². The van der Waals surface area contributed by atoms with Crippen molar-refractivity contribution in [3.05, 3.63) is 47.3 Å². The van der Waals surface area contributed by atoms with E-state index in [0.29, 0.717) is 22.8 Å². The average molecular weight is 321 g/mol. The fourth-order valence-corrected chi connectivity index (χ4v) is 4.03. The summed E-state index contributed by atoms with van der Waals surface area (Å²) in [5.74, 6) is 0. The molecule has 0 aliphatic rings. The van der Waals surface area contributed by atoms with Gasteiger partial charge in [0, 0.05) is 13.6 Å². The van der Waals surface area contributed by atoms with E-state index in [0.717, 1.165) is 19.3 Å². The number of aryl methyl sites for hydroxylation is 3. The molecule has 1 aromatic heterocycles. The zero-order valence-corrected chi connectivity index (χ0v) is 14.2. The Labute approximate surface area is 132 Å². The largest absolute Gasteiger partial charge is 0.271 e. The summed E-state index contributed by atoms with van der Waals surface area (Å²) in [7, 11) is -1.73. The first-order valence-electron chi connectivity index (χ1n) is 7.45. The van der Waals surface area contributed by atoms with Crippen LogP contribution in [-0.2, 0) is 23.5 Å². The summed E-state index contributed by atoms with van der Waals surface area (Å²) >= 11 is 0. The Bertz CT molecular complexity index is 721. The maximum atomic E-state index is 12.4. The molecule has 0 fully saturated rings. The number of nitrogens with one attached hydrogen (secondary N) is 1. The Morgan fingerprint density at radius 3 is 2.41 bits per heavy atom. The van der Waals surface area contributed by atoms with Crippen molar-refractivity contribution in [3.63, 3.8) is 0 Å². The van der Waals surface area contributed by atoms with Crippen LogP contribution < -0.4 is 4.72 Å². The lowest BCUT2D eigenvalue weighted by Gasteiger charge is -2.07. The number of nitrogens with zero attached hydrogens (tertiary/aromatic N) is 2. The second kappa shape index (κ2) is 7.07. The van der Waals surface area contributed by atoms with Crippen molar-refractivity contribution in [2.24, 2.45) is 7.05 Å². The first-order valence-corrected chi connectivity index (χ1v) is 8.94. The molecule has 0 atom stereocenters. The minimum atomic E-state index is -3.48. The fourth-order valence-electron chi connectivity index (χ4n) is 2.52. The minimum absolute atomic E-state index is 0.304. The molecule has 6 heteroatoms. The summed E-state index contributed by atoms with van der Waals surface area (Å²) in [5, 5.41) is 4.16. The Kier molecular flexibility index (Phi) is 5.37. The van der Waals surface area contributed by atoms with Crippen molar-refractivity contribution < 1.29 is 8.42 Å². The van der Waals surface area contributed by atoms with Crippen LogP contribution in [0.4, 0.5) is 0 Å². The van der Waals surface area contributed by atoms with Gasteiger partial charge in [0.25, 0.3) is 0 Å². The van der Waals surface area contributed by atoms with E-state index in [1.54, 1.807) is 25.6 Å². The van der Waals surface area contributed by atoms with Crippen molar-refractivity contribution >= 4 is 10.0 Å². The van der Waals surface area contributed by atoms with Crippen LogP contribution in [0.2, 0.25) is 0 Å². The smallest absolute Gasteiger partial charge is 0.244 e. The Hall–Kier alpha value is -1.66. The van der Waals surface area contributed by atoms with Gasteiger partial charge in [-0.15, -0.1) is 0 Å². The molecule has 0 bridgehead atoms. The SMILES string of the molecule is Cc1nn(C)c(C)c1S(=O)(=O)NCCCCc1ccccc1. The van der Waals surface area contributed by atoms with Crippen LogP contribution in [0.3, 0.4) is 0 Å². The highest BCUT2D eigenvalue weighted by atomic mass is 32.2. The molecule has 120 valence electrons. The zero-order valence-electron chi connectivity index (χ0n) is 13.3. The second-order valence-electron chi connectivity index (χ2n) is 5.46. The van der Waals surface area contributed by atoms with Crippen molar-refractivity contribution in [2.75, 3.05) is 6.54 Å². The predicted molar refractivity (Wildman–Crippen MR) is 87.3 cm³/mol. The number of hydrogen-bond donors (Lipinski definition) is 1. The Balaban J connectivity index is 1.86. The third kappa shape index (κ3) is 3.96. The van der Waals surface area contributed by atoms with Gasteiger partial charge in [-0.3, -0.25) is 4.68 Å². The van der Waals surface area contributed by atoms with Gasteiger partial charge in [-0.05, 0) is 38.7 Å². The van der Waals surface area contributed by atoms with Gasteiger partial charge < -0.3 is 0 Å². The summed E-state index contributed by atoms with van der Waals surface area (Å²) in [6, 6.07) is 10.2. The monoisotopic (exact) mass is 321 g/mol. The Morgan fingerprint density at radius 1 is 1.14 bits per heavy atom. The third-order valence-corrected chi connectivity index (χ3v) is 5.45. The normalized spacial score (nSPS) is 11.8. The maximum Gasteiger partial charge on any atom is 0.244 e. The molecule has 0 radical (unpaired) electrons. The Morgan fingerprint density at radius 2 is 1.82 bits per heavy atom. The van der Waals surface area contributed by atoms with Crippen LogP contribution in [-0.4, -0.2) is 24.7 Å². The van der Waals surface area contributed by atoms with E-state index in [2.05, 4.69) is 22.0 Å². The number of unbranched alkanes of at least 4 members (excludes halogenated alkanes) is 1. The van der Waals surface area contributed by atoms with Gasteiger partial charge in [-0.2, -0.15) is 5.10 Å². The van der Waals surface area contributed by atoms with Crippen molar-refractivity contribution in [1.82, 2.24) is 14.5 Å². The van der Waals surface area contributed by atoms with Gasteiger partial charge in [0.2, 0.25) is 10.0 Å². The molecule has 0 saturated carbocycles. The molecule has 0 aliphatic heterocycles. The molecule has 0 saturated heterocycles. The van der Waals surface area contributed by atoms with E-state index >= 15 is 0 Å². The molecule has 5 nitrogen and oxygen atoms in total. The highest BCUT2D eigenvalue weighted by molar-refractivity contribution is 7.89. The zero-order chi connectivity index (χ0) is 16.2. The number of aromatic nitrogens is 2. The third-order valence-electron chi connectivity index (χ3n) is 3.74. The summed E-state index contributed by atoms with van der Waals surface area (Å²) < 4.78 is 29.0. The van der Waals surface area contributed by atoms with Crippen molar-refractivity contribution in [3.8, 4) is 0 Å². The highest BCUT2D eigenvalue weighted by Crippen LogP contribution is 2.18. The van der Waals surface area contributed by atoms with Crippen molar-refractivity contribution in [2.45, 2.75) is 38.0 Å². The van der Waals surface area contributed by atoms with Crippen LogP contribution in [0.5, 0.6) is 0 Å². The first-order chi connectivity index (χ1) is 10.4. The topological polar surface area (TPSA) is 64.0 Å². The van der Waals surface area contributed by atoms with Gasteiger partial charge >= 0.3 is 0 Å². The fraction of sp³-hybridized carbons (Fsp3) is 0.438. The summed E-state index contributed by atoms with van der Waals surface area (Å²) in [5.41, 5.74) is 2.48. The van der Waals surface area contributed by atoms with E-state index in [-0.39, 0.29) is 0 Å². The summed E-state index contributed by atoms with van der Waals surface area (Å²) in [6.07, 6.45) is 2.73. The van der Waals surface area contributed by atoms with Crippen LogP contribution >= 0.6 is 0 Å². The van der Waals surface area contributed by atoms with E-state index in [9.17, 15) is 8.42 Å². The number of benzene rings is 1. The molecule has 0 spiro atoms. The quantitative estimate of drug-likeness (QED) is 0.796. The molecule has 0 amide bonds. The van der Waals surface area contributed by atoms with E-state index < -0.39 is 10.0 Å². The first kappa shape index (κ1) is 16.7. The van der Waals surface area contributed by atoms with Gasteiger partial charge in [-0.1, -0.05) is 30.3 Å². The predicted octanol–water partition coefficient (Wildman–Crippen LogP) is 2.34. The molecular weight excluding hydrogens is 298 g/mol. The van der Waals surface area contributed by atoms with Crippen LogP contribution in [0.1, 0.15) is 29.8 Å². The minimum Gasteiger partial charge on any atom is -0.271 e. The van der Waals surface area contributed by atoms with Crippen LogP contribution in [0, 0.1) is 13.8 Å². The second-order valence-corrected chi connectivity index (χ2v) is 7.17. The van der Waals surface area contributed by atoms with Gasteiger partial charge in [0.1, 0.15) is 4.90 Å². The van der Waals surface area contributed by atoms with Gasteiger partial charge in [-0.25, -0.2) is 13.1 Å². The lowest BCUT2D eigenvalue weighted by Crippen LogP contribution is -2.26. The van der Waals surface area contributed by atoms with Gasteiger partial charge in [0.15, 0.2) is 0 Å².